The van der Waals surface area contributed by atoms with Crippen LogP contribution in [0.5, 0.6) is 5.75 Å². The smallest absolute Gasteiger partial charge is 0.400 e. The predicted octanol–water partition coefficient (Wildman–Crippen LogP) is 3.15. The van der Waals surface area contributed by atoms with Crippen LogP contribution < -0.4 is 10.5 Å². The van der Waals surface area contributed by atoms with Crippen LogP contribution in [0.3, 0.4) is 0 Å². The Morgan fingerprint density at radius 3 is 2.31 bits per heavy atom. The number of alkyl halides is 5. The van der Waals surface area contributed by atoms with Crippen LogP contribution in [-0.4, -0.2) is 11.3 Å². The highest BCUT2D eigenvalue weighted by molar-refractivity contribution is 6.31. The van der Waals surface area contributed by atoms with Gasteiger partial charge in [0.25, 0.3) is 6.43 Å². The molecule has 1 aromatic heterocycles. The minimum absolute atomic E-state index is 0.567. The van der Waals surface area contributed by atoms with E-state index in [1.807, 2.05) is 0 Å². The summed E-state index contributed by atoms with van der Waals surface area (Å²) in [6.45, 7) is 0. The number of hydrogen-bond donors (Lipinski definition) is 1. The number of anilines is 1. The molecule has 0 aliphatic heterocycles. The van der Waals surface area contributed by atoms with Gasteiger partial charge in [0.15, 0.2) is 10.9 Å². The summed E-state index contributed by atoms with van der Waals surface area (Å²) >= 11 is 5.24. The molecule has 0 unspecified atom stereocenters. The maximum atomic E-state index is 12.2. The van der Waals surface area contributed by atoms with E-state index in [2.05, 4.69) is 9.72 Å². The Balaban J connectivity index is 3.13. The van der Waals surface area contributed by atoms with Crippen LogP contribution in [0, 0.1) is 0 Å². The van der Waals surface area contributed by atoms with Gasteiger partial charge in [-0.2, -0.15) is 0 Å². The van der Waals surface area contributed by atoms with E-state index in [1.54, 1.807) is 0 Å². The second kappa shape index (κ2) is 4.28. The number of nitrogens with zero attached hydrogens (tertiary/aromatic N) is 1. The number of aromatic nitrogens is 1. The molecule has 0 aliphatic rings. The van der Waals surface area contributed by atoms with Crippen molar-refractivity contribution in [3.63, 3.8) is 0 Å². The van der Waals surface area contributed by atoms with Gasteiger partial charge in [0.2, 0.25) is 0 Å². The summed E-state index contributed by atoms with van der Waals surface area (Å²) in [5.41, 5.74) is 3.60. The largest absolute Gasteiger partial charge is 0.573 e. The lowest BCUT2D eigenvalue weighted by atomic mass is 10.3. The third-order valence-electron chi connectivity index (χ3n) is 1.42. The van der Waals surface area contributed by atoms with Crippen molar-refractivity contribution in [3.05, 3.63) is 16.9 Å². The quantitative estimate of drug-likeness (QED) is 0.658. The molecular weight excluding hydrogens is 259 g/mol. The molecule has 0 bridgehead atoms. The first-order chi connectivity index (χ1) is 7.20. The molecule has 2 N–H and O–H groups in total. The van der Waals surface area contributed by atoms with E-state index in [0.29, 0.717) is 6.07 Å². The van der Waals surface area contributed by atoms with Gasteiger partial charge in [-0.25, -0.2) is 13.8 Å². The zero-order valence-electron chi connectivity index (χ0n) is 7.36. The van der Waals surface area contributed by atoms with E-state index in [0.717, 1.165) is 0 Å². The zero-order valence-corrected chi connectivity index (χ0v) is 8.11. The van der Waals surface area contributed by atoms with Gasteiger partial charge in [0.05, 0.1) is 5.69 Å². The number of ether oxygens (including phenoxy) is 1. The number of halogens is 6. The van der Waals surface area contributed by atoms with E-state index in [9.17, 15) is 22.0 Å². The van der Waals surface area contributed by atoms with Crippen LogP contribution in [0.25, 0.3) is 0 Å². The van der Waals surface area contributed by atoms with Crippen molar-refractivity contribution in [1.82, 2.24) is 4.98 Å². The van der Waals surface area contributed by atoms with Crippen molar-refractivity contribution >= 4 is 17.3 Å². The lowest BCUT2D eigenvalue weighted by molar-refractivity contribution is -0.274. The van der Waals surface area contributed by atoms with Crippen molar-refractivity contribution in [2.75, 3.05) is 5.73 Å². The molecule has 3 nitrogen and oxygen atoms in total. The predicted molar refractivity (Wildman–Crippen MR) is 45.3 cm³/mol. The van der Waals surface area contributed by atoms with Gasteiger partial charge in [-0.05, 0) is 6.07 Å². The molecule has 9 heteroatoms. The summed E-state index contributed by atoms with van der Waals surface area (Å²) in [6, 6.07) is 0.567. The van der Waals surface area contributed by atoms with Gasteiger partial charge in [-0.3, -0.25) is 0 Å². The molecular formula is C7H4ClF5N2O. The van der Waals surface area contributed by atoms with E-state index in [1.165, 1.54) is 0 Å². The average molecular weight is 263 g/mol. The SMILES string of the molecule is Nc1cc(C(F)F)nc(Cl)c1OC(F)(F)F. The topological polar surface area (TPSA) is 48.1 Å². The highest BCUT2D eigenvalue weighted by Crippen LogP contribution is 2.36. The molecule has 1 rings (SSSR count). The molecule has 0 aromatic carbocycles. The number of pyridine rings is 1. The molecule has 0 amide bonds. The normalized spacial score (nSPS) is 11.9. The molecule has 0 fully saturated rings. The number of hydrogen-bond acceptors (Lipinski definition) is 3. The average Bonchev–Trinajstić information content (AvgIpc) is 2.09. The van der Waals surface area contributed by atoms with Crippen molar-refractivity contribution < 1.29 is 26.7 Å². The van der Waals surface area contributed by atoms with Crippen molar-refractivity contribution in [3.8, 4) is 5.75 Å². The van der Waals surface area contributed by atoms with Gasteiger partial charge < -0.3 is 10.5 Å². The van der Waals surface area contributed by atoms with Crippen molar-refractivity contribution in [2.24, 2.45) is 0 Å². The van der Waals surface area contributed by atoms with E-state index >= 15 is 0 Å². The van der Waals surface area contributed by atoms with Crippen LogP contribution in [-0.2, 0) is 0 Å². The molecule has 0 saturated carbocycles. The summed E-state index contributed by atoms with van der Waals surface area (Å²) in [5, 5.41) is -0.868. The first-order valence-corrected chi connectivity index (χ1v) is 4.08. The summed E-state index contributed by atoms with van der Waals surface area (Å²) in [5.74, 6) is -0.987. The summed E-state index contributed by atoms with van der Waals surface area (Å²) < 4.78 is 63.3. The fourth-order valence-corrected chi connectivity index (χ4v) is 1.11. The number of rotatable bonds is 2. The first kappa shape index (κ1) is 12.8. The molecule has 90 valence electrons. The maximum Gasteiger partial charge on any atom is 0.573 e. The van der Waals surface area contributed by atoms with Crippen LogP contribution in [0.2, 0.25) is 5.15 Å². The Morgan fingerprint density at radius 1 is 1.38 bits per heavy atom. The summed E-state index contributed by atoms with van der Waals surface area (Å²) in [4.78, 5) is 3.03. The second-order valence-corrected chi connectivity index (χ2v) is 2.96. The van der Waals surface area contributed by atoms with Crippen molar-refractivity contribution in [1.29, 1.82) is 0 Å². The van der Waals surface area contributed by atoms with E-state index in [4.69, 9.17) is 17.3 Å². The third-order valence-corrected chi connectivity index (χ3v) is 1.68. The maximum absolute atomic E-state index is 12.2. The third kappa shape index (κ3) is 3.09. The monoisotopic (exact) mass is 262 g/mol. The number of nitrogen functional groups attached to an aromatic ring is 1. The molecule has 1 aromatic rings. The van der Waals surface area contributed by atoms with Gasteiger partial charge in [0.1, 0.15) is 5.69 Å². The van der Waals surface area contributed by atoms with Crippen molar-refractivity contribution in [2.45, 2.75) is 12.8 Å². The summed E-state index contributed by atoms with van der Waals surface area (Å²) in [7, 11) is 0. The lowest BCUT2D eigenvalue weighted by Gasteiger charge is -2.12. The second-order valence-electron chi connectivity index (χ2n) is 2.60. The lowest BCUT2D eigenvalue weighted by Crippen LogP contribution is -2.18. The minimum Gasteiger partial charge on any atom is -0.400 e. The molecule has 0 aliphatic carbocycles. The van der Waals surface area contributed by atoms with E-state index in [-0.39, 0.29) is 0 Å². The highest BCUT2D eigenvalue weighted by Gasteiger charge is 2.33. The standard InChI is InChI=1S/C7H4ClF5N2O/c8-5-4(16-7(11,12)13)2(14)1-3(15-5)6(9)10/h1,6H,(H2,14,15). The zero-order chi connectivity index (χ0) is 12.5. The summed E-state index contributed by atoms with van der Waals surface area (Å²) in [6.07, 6.45) is -8.01. The van der Waals surface area contributed by atoms with Crippen LogP contribution in [0.1, 0.15) is 12.1 Å². The van der Waals surface area contributed by atoms with Gasteiger partial charge >= 0.3 is 6.36 Å². The van der Waals surface area contributed by atoms with Gasteiger partial charge in [-0.1, -0.05) is 11.6 Å². The molecule has 0 spiro atoms. The van der Waals surface area contributed by atoms with Gasteiger partial charge in [0, 0.05) is 0 Å². The fourth-order valence-electron chi connectivity index (χ4n) is 0.869. The Labute approximate surface area is 91.0 Å². The molecule has 0 saturated heterocycles. The highest BCUT2D eigenvalue weighted by atomic mass is 35.5. The molecule has 0 atom stereocenters. The van der Waals surface area contributed by atoms with Crippen LogP contribution in [0.4, 0.5) is 27.6 Å². The minimum atomic E-state index is -5.02. The Hall–Kier alpha value is -1.31. The van der Waals surface area contributed by atoms with Crippen LogP contribution >= 0.6 is 11.6 Å². The Bertz CT molecular complexity index is 372. The fraction of sp³-hybridized carbons (Fsp3) is 0.286. The number of nitrogens with two attached hydrogens (primary N) is 1. The molecule has 16 heavy (non-hydrogen) atoms. The Kier molecular flexibility index (Phi) is 3.41. The molecule has 0 radical (unpaired) electrons. The van der Waals surface area contributed by atoms with Crippen LogP contribution in [0.15, 0.2) is 6.07 Å². The first-order valence-electron chi connectivity index (χ1n) is 3.70. The van der Waals surface area contributed by atoms with E-state index < -0.39 is 35.1 Å². The molecule has 1 heterocycles. The Morgan fingerprint density at radius 2 is 1.94 bits per heavy atom. The van der Waals surface area contributed by atoms with Gasteiger partial charge in [-0.15, -0.1) is 13.2 Å².